The van der Waals surface area contributed by atoms with Gasteiger partial charge in [0.25, 0.3) is 0 Å². The first-order valence-electron chi connectivity index (χ1n) is 9.51. The minimum atomic E-state index is -0.122. The van der Waals surface area contributed by atoms with Crippen LogP contribution >= 0.6 is 11.3 Å². The number of nitrogens with one attached hydrogen (secondary N) is 1. The molecule has 144 valence electrons. The van der Waals surface area contributed by atoms with E-state index >= 15 is 0 Å². The van der Waals surface area contributed by atoms with E-state index in [9.17, 15) is 9.59 Å². The SMILES string of the molecule is CCN1CCN(c2ccc(NC(=O)CCC(=O)c3cccs3)cc2C)CC1. The molecule has 0 spiro atoms. The number of carbonyl (C=O) groups is 2. The number of anilines is 2. The van der Waals surface area contributed by atoms with Gasteiger partial charge in [0.1, 0.15) is 0 Å². The van der Waals surface area contributed by atoms with Gasteiger partial charge in [-0.1, -0.05) is 13.0 Å². The molecule has 27 heavy (non-hydrogen) atoms. The summed E-state index contributed by atoms with van der Waals surface area (Å²) < 4.78 is 0. The summed E-state index contributed by atoms with van der Waals surface area (Å²) in [6, 6.07) is 9.70. The summed E-state index contributed by atoms with van der Waals surface area (Å²) in [4.78, 5) is 29.8. The zero-order valence-electron chi connectivity index (χ0n) is 16.0. The lowest BCUT2D eigenvalue weighted by Gasteiger charge is -2.36. The van der Waals surface area contributed by atoms with E-state index in [4.69, 9.17) is 0 Å². The van der Waals surface area contributed by atoms with Crippen molar-refractivity contribution in [1.29, 1.82) is 0 Å². The zero-order chi connectivity index (χ0) is 19.2. The Morgan fingerprint density at radius 3 is 2.52 bits per heavy atom. The predicted molar refractivity (Wildman–Crippen MR) is 112 cm³/mol. The second-order valence-corrected chi connectivity index (χ2v) is 7.82. The average molecular weight is 386 g/mol. The topological polar surface area (TPSA) is 52.6 Å². The summed E-state index contributed by atoms with van der Waals surface area (Å²) in [6.07, 6.45) is 0.446. The highest BCUT2D eigenvalue weighted by Crippen LogP contribution is 2.25. The Morgan fingerprint density at radius 2 is 1.89 bits per heavy atom. The fourth-order valence-electron chi connectivity index (χ4n) is 3.40. The molecule has 1 aromatic carbocycles. The second kappa shape index (κ2) is 9.15. The molecular formula is C21H27N3O2S. The van der Waals surface area contributed by atoms with Crippen LogP contribution in [0.5, 0.6) is 0 Å². The molecule has 2 aromatic rings. The summed E-state index contributed by atoms with van der Waals surface area (Å²) in [6.45, 7) is 9.63. The van der Waals surface area contributed by atoms with Gasteiger partial charge in [0.15, 0.2) is 5.78 Å². The van der Waals surface area contributed by atoms with E-state index in [1.165, 1.54) is 17.0 Å². The lowest BCUT2D eigenvalue weighted by molar-refractivity contribution is -0.116. The molecule has 1 aromatic heterocycles. The van der Waals surface area contributed by atoms with Crippen molar-refractivity contribution >= 4 is 34.4 Å². The minimum Gasteiger partial charge on any atom is -0.369 e. The summed E-state index contributed by atoms with van der Waals surface area (Å²) in [5, 5.41) is 4.79. The molecule has 1 aliphatic heterocycles. The Balaban J connectivity index is 1.53. The number of nitrogens with zero attached hydrogens (tertiary/aromatic N) is 2. The van der Waals surface area contributed by atoms with Crippen LogP contribution in [-0.4, -0.2) is 49.3 Å². The van der Waals surface area contributed by atoms with Crippen molar-refractivity contribution in [3.05, 3.63) is 46.2 Å². The number of carbonyl (C=O) groups excluding carboxylic acids is 2. The van der Waals surface area contributed by atoms with E-state index in [1.807, 2.05) is 23.6 Å². The van der Waals surface area contributed by atoms with Crippen LogP contribution in [0.25, 0.3) is 0 Å². The highest BCUT2D eigenvalue weighted by Gasteiger charge is 2.17. The van der Waals surface area contributed by atoms with Gasteiger partial charge >= 0.3 is 0 Å². The van der Waals surface area contributed by atoms with Crippen molar-refractivity contribution in [3.63, 3.8) is 0 Å². The van der Waals surface area contributed by atoms with Crippen molar-refractivity contribution in [2.45, 2.75) is 26.7 Å². The Morgan fingerprint density at radius 1 is 1.11 bits per heavy atom. The smallest absolute Gasteiger partial charge is 0.224 e. The third-order valence-electron chi connectivity index (χ3n) is 5.02. The van der Waals surface area contributed by atoms with Gasteiger partial charge in [-0.15, -0.1) is 11.3 Å². The lowest BCUT2D eigenvalue weighted by atomic mass is 10.1. The molecule has 5 nitrogen and oxygen atoms in total. The van der Waals surface area contributed by atoms with Crippen LogP contribution in [0.2, 0.25) is 0 Å². The van der Waals surface area contributed by atoms with Crippen LogP contribution < -0.4 is 10.2 Å². The molecule has 0 radical (unpaired) electrons. The number of hydrogen-bond donors (Lipinski definition) is 1. The van der Waals surface area contributed by atoms with Crippen LogP contribution in [0.1, 0.15) is 35.0 Å². The summed E-state index contributed by atoms with van der Waals surface area (Å²) >= 11 is 1.42. The largest absolute Gasteiger partial charge is 0.369 e. The first-order valence-corrected chi connectivity index (χ1v) is 10.4. The highest BCUT2D eigenvalue weighted by molar-refractivity contribution is 7.12. The first kappa shape index (κ1) is 19.6. The maximum absolute atomic E-state index is 12.2. The normalized spacial score (nSPS) is 15.0. The predicted octanol–water partition coefficient (Wildman–Crippen LogP) is 3.80. The maximum atomic E-state index is 12.2. The molecule has 1 aliphatic rings. The van der Waals surface area contributed by atoms with Gasteiger partial charge in [-0.2, -0.15) is 0 Å². The lowest BCUT2D eigenvalue weighted by Crippen LogP contribution is -2.46. The number of rotatable bonds is 7. The minimum absolute atomic E-state index is 0.0258. The molecule has 3 rings (SSSR count). The molecule has 1 fully saturated rings. The first-order chi connectivity index (χ1) is 13.1. The summed E-state index contributed by atoms with van der Waals surface area (Å²) in [5.41, 5.74) is 3.18. The van der Waals surface area contributed by atoms with Crippen molar-refractivity contribution in [2.75, 3.05) is 42.9 Å². The van der Waals surface area contributed by atoms with Crippen LogP contribution in [0.3, 0.4) is 0 Å². The van der Waals surface area contributed by atoms with E-state index in [1.54, 1.807) is 6.07 Å². The van der Waals surface area contributed by atoms with Crippen molar-refractivity contribution in [3.8, 4) is 0 Å². The Hall–Kier alpha value is -2.18. The van der Waals surface area contributed by atoms with Gasteiger partial charge in [-0.05, 0) is 48.7 Å². The van der Waals surface area contributed by atoms with E-state index in [0.717, 1.165) is 44.0 Å². The molecule has 1 amide bonds. The molecule has 0 unspecified atom stereocenters. The number of benzene rings is 1. The van der Waals surface area contributed by atoms with Crippen LogP contribution in [0.15, 0.2) is 35.7 Å². The Bertz CT molecular complexity index is 781. The number of ketones is 1. The third-order valence-corrected chi connectivity index (χ3v) is 5.93. The fourth-order valence-corrected chi connectivity index (χ4v) is 4.10. The van der Waals surface area contributed by atoms with Gasteiger partial charge in [0, 0.05) is 50.4 Å². The summed E-state index contributed by atoms with van der Waals surface area (Å²) in [7, 11) is 0. The summed E-state index contributed by atoms with van der Waals surface area (Å²) in [5.74, 6) is -0.0958. The molecule has 0 aliphatic carbocycles. The molecule has 1 saturated heterocycles. The molecule has 2 heterocycles. The number of Topliss-reactive ketones (excluding diaryl/α,β-unsaturated/α-hetero) is 1. The van der Waals surface area contributed by atoms with Gasteiger partial charge in [-0.25, -0.2) is 0 Å². The Kier molecular flexibility index (Phi) is 6.63. The van der Waals surface area contributed by atoms with E-state index < -0.39 is 0 Å². The number of thiophene rings is 1. The zero-order valence-corrected chi connectivity index (χ0v) is 16.8. The average Bonchev–Trinajstić information content (AvgIpc) is 3.21. The molecule has 0 atom stereocenters. The monoisotopic (exact) mass is 385 g/mol. The van der Waals surface area contributed by atoms with Gasteiger partial charge in [0.05, 0.1) is 4.88 Å². The van der Waals surface area contributed by atoms with E-state index in [-0.39, 0.29) is 24.5 Å². The fraction of sp³-hybridized carbons (Fsp3) is 0.429. The molecular weight excluding hydrogens is 358 g/mol. The van der Waals surface area contributed by atoms with Gasteiger partial charge in [0.2, 0.25) is 5.91 Å². The molecule has 0 bridgehead atoms. The quantitative estimate of drug-likeness (QED) is 0.737. The van der Waals surface area contributed by atoms with Crippen molar-refractivity contribution < 1.29 is 9.59 Å². The van der Waals surface area contributed by atoms with Gasteiger partial charge in [-0.3, -0.25) is 9.59 Å². The maximum Gasteiger partial charge on any atom is 0.224 e. The van der Waals surface area contributed by atoms with Gasteiger partial charge < -0.3 is 15.1 Å². The standard InChI is InChI=1S/C21H27N3O2S/c1-3-23-10-12-24(13-11-23)18-7-6-17(15-16(18)2)22-21(26)9-8-19(25)20-5-4-14-27-20/h4-7,14-15H,3,8-13H2,1-2H3,(H,22,26). The second-order valence-electron chi connectivity index (χ2n) is 6.87. The van der Waals surface area contributed by atoms with E-state index in [0.29, 0.717) is 4.88 Å². The molecule has 6 heteroatoms. The van der Waals surface area contributed by atoms with Crippen LogP contribution in [-0.2, 0) is 4.79 Å². The number of piperazine rings is 1. The number of amides is 1. The van der Waals surface area contributed by atoms with E-state index in [2.05, 4.69) is 35.0 Å². The van der Waals surface area contributed by atoms with Crippen LogP contribution in [0.4, 0.5) is 11.4 Å². The van der Waals surface area contributed by atoms with Crippen molar-refractivity contribution in [1.82, 2.24) is 4.90 Å². The number of aryl methyl sites for hydroxylation is 1. The molecule has 0 saturated carbocycles. The number of likely N-dealkylation sites (N-methyl/N-ethyl adjacent to an activating group) is 1. The van der Waals surface area contributed by atoms with Crippen molar-refractivity contribution in [2.24, 2.45) is 0 Å². The third kappa shape index (κ3) is 5.17. The van der Waals surface area contributed by atoms with Crippen LogP contribution in [0, 0.1) is 6.92 Å². The number of hydrogen-bond acceptors (Lipinski definition) is 5. The highest BCUT2D eigenvalue weighted by atomic mass is 32.1. The Labute approximate surface area is 165 Å². The molecule has 1 N–H and O–H groups in total.